The van der Waals surface area contributed by atoms with Gasteiger partial charge in [0.05, 0.1) is 20.9 Å². The minimum absolute atomic E-state index is 0.919. The van der Waals surface area contributed by atoms with Crippen LogP contribution in [-0.2, 0) is 0 Å². The van der Waals surface area contributed by atoms with Gasteiger partial charge in [-0.05, 0) is 50.6 Å². The highest BCUT2D eigenvalue weighted by molar-refractivity contribution is 7.19. The Morgan fingerprint density at radius 3 is 2.73 bits per heavy atom. The molecule has 3 aromatic carbocycles. The first-order valence-corrected chi connectivity index (χ1v) is 10.7. The van der Waals surface area contributed by atoms with Crippen LogP contribution in [0.4, 0.5) is 0 Å². The molecule has 5 heteroatoms. The summed E-state index contributed by atoms with van der Waals surface area (Å²) in [6.45, 7) is 6.34. The van der Waals surface area contributed by atoms with Crippen LogP contribution < -0.4 is 0 Å². The van der Waals surface area contributed by atoms with Crippen LogP contribution in [0.2, 0.25) is 0 Å². The number of benzene rings is 3. The first kappa shape index (κ1) is 17.4. The first-order valence-electron chi connectivity index (χ1n) is 9.93. The minimum atomic E-state index is 0.919. The number of thiazole rings is 1. The lowest BCUT2D eigenvalue weighted by atomic mass is 10.0. The van der Waals surface area contributed by atoms with Crippen LogP contribution in [0, 0.1) is 20.8 Å². The third-order valence-electron chi connectivity index (χ3n) is 5.71. The van der Waals surface area contributed by atoms with E-state index in [9.17, 15) is 0 Å². The minimum Gasteiger partial charge on any atom is -0.456 e. The van der Waals surface area contributed by atoms with Crippen LogP contribution >= 0.6 is 11.3 Å². The second-order valence-corrected chi connectivity index (χ2v) is 8.85. The predicted octanol–water partition coefficient (Wildman–Crippen LogP) is 6.97. The van der Waals surface area contributed by atoms with Crippen LogP contribution in [0.1, 0.15) is 16.1 Å². The molecule has 0 bridgehead atoms. The topological polar surface area (TPSA) is 43.9 Å². The van der Waals surface area contributed by atoms with Crippen LogP contribution in [0.5, 0.6) is 0 Å². The Morgan fingerprint density at radius 1 is 0.967 bits per heavy atom. The van der Waals surface area contributed by atoms with Crippen molar-refractivity contribution in [3.05, 3.63) is 77.1 Å². The fraction of sp³-hybridized carbons (Fsp3) is 0.120. The number of rotatable bonds is 2. The van der Waals surface area contributed by atoms with E-state index in [1.807, 2.05) is 31.5 Å². The molecule has 0 aliphatic carbocycles. The Morgan fingerprint density at radius 2 is 1.83 bits per heavy atom. The van der Waals surface area contributed by atoms with E-state index in [1.165, 1.54) is 10.3 Å². The summed E-state index contributed by atoms with van der Waals surface area (Å²) in [5.41, 5.74) is 7.41. The summed E-state index contributed by atoms with van der Waals surface area (Å²) < 4.78 is 9.61. The molecule has 0 saturated heterocycles. The van der Waals surface area contributed by atoms with Crippen molar-refractivity contribution in [3.63, 3.8) is 0 Å². The average molecular weight is 410 g/mol. The number of hydrogen-bond donors (Lipinski definition) is 0. The van der Waals surface area contributed by atoms with Gasteiger partial charge in [0, 0.05) is 34.3 Å². The van der Waals surface area contributed by atoms with E-state index < -0.39 is 0 Å². The van der Waals surface area contributed by atoms with E-state index in [0.29, 0.717) is 0 Å². The van der Waals surface area contributed by atoms with Crippen molar-refractivity contribution >= 4 is 43.5 Å². The molecule has 4 nitrogen and oxygen atoms in total. The lowest BCUT2D eigenvalue weighted by molar-refractivity contribution is 0.665. The standard InChI is InChI=1S/C25H19N3OS/c1-14-13-19-17-7-4-5-10-21(17)29-23(19)15(2)22(14)28-12-11-26-25(28)18-8-6-9-20-24(18)30-16(3)27-20/h4-13H,1-3H3. The maximum Gasteiger partial charge on any atom is 0.145 e. The summed E-state index contributed by atoms with van der Waals surface area (Å²) in [5.74, 6) is 0.922. The molecule has 0 atom stereocenters. The molecule has 6 aromatic rings. The zero-order chi connectivity index (χ0) is 20.4. The number of aryl methyl sites for hydroxylation is 3. The Bertz CT molecular complexity index is 1580. The Labute approximate surface area is 177 Å². The highest BCUT2D eigenvalue weighted by atomic mass is 32.1. The second-order valence-electron chi connectivity index (χ2n) is 7.65. The van der Waals surface area contributed by atoms with E-state index in [2.05, 4.69) is 59.8 Å². The van der Waals surface area contributed by atoms with Gasteiger partial charge in [-0.1, -0.05) is 24.3 Å². The molecule has 0 fully saturated rings. The van der Waals surface area contributed by atoms with Crippen LogP contribution in [0.25, 0.3) is 49.2 Å². The predicted molar refractivity (Wildman–Crippen MR) is 124 cm³/mol. The molecule has 6 rings (SSSR count). The summed E-state index contributed by atoms with van der Waals surface area (Å²) in [5, 5.41) is 3.37. The molecule has 3 heterocycles. The molecule has 146 valence electrons. The number of aromatic nitrogens is 3. The summed E-state index contributed by atoms with van der Waals surface area (Å²) in [6, 6.07) is 16.7. The molecule has 0 aliphatic rings. The zero-order valence-corrected chi connectivity index (χ0v) is 17.7. The Hall–Kier alpha value is -3.44. The SMILES string of the molecule is Cc1nc2cccc(-c3nccn3-c3c(C)cc4c(oc5ccccc54)c3C)c2s1. The van der Waals surface area contributed by atoms with Crippen molar-refractivity contribution in [2.75, 3.05) is 0 Å². The molecular weight excluding hydrogens is 390 g/mol. The average Bonchev–Trinajstić information content (AvgIpc) is 3.44. The summed E-state index contributed by atoms with van der Waals surface area (Å²) in [6.07, 6.45) is 3.90. The normalized spacial score (nSPS) is 11.8. The number of imidazole rings is 1. The lowest BCUT2D eigenvalue weighted by Crippen LogP contribution is -2.02. The lowest BCUT2D eigenvalue weighted by Gasteiger charge is -2.15. The van der Waals surface area contributed by atoms with E-state index >= 15 is 0 Å². The Kier molecular flexibility index (Phi) is 3.65. The van der Waals surface area contributed by atoms with E-state index in [1.54, 1.807) is 11.3 Å². The molecule has 0 spiro atoms. The first-order chi connectivity index (χ1) is 14.6. The zero-order valence-electron chi connectivity index (χ0n) is 16.9. The number of furan rings is 1. The molecule has 0 unspecified atom stereocenters. The van der Waals surface area contributed by atoms with Crippen molar-refractivity contribution in [3.8, 4) is 17.1 Å². The van der Waals surface area contributed by atoms with Gasteiger partial charge in [0.25, 0.3) is 0 Å². The second kappa shape index (κ2) is 6.28. The molecular formula is C25H19N3OS. The van der Waals surface area contributed by atoms with Gasteiger partial charge in [-0.15, -0.1) is 11.3 Å². The van der Waals surface area contributed by atoms with Gasteiger partial charge in [0.15, 0.2) is 0 Å². The monoisotopic (exact) mass is 409 g/mol. The fourth-order valence-electron chi connectivity index (χ4n) is 4.47. The van der Waals surface area contributed by atoms with Crippen molar-refractivity contribution in [2.45, 2.75) is 20.8 Å². The van der Waals surface area contributed by atoms with Crippen LogP contribution in [-0.4, -0.2) is 14.5 Å². The molecule has 0 amide bonds. The van der Waals surface area contributed by atoms with E-state index in [-0.39, 0.29) is 0 Å². The van der Waals surface area contributed by atoms with E-state index in [4.69, 9.17) is 9.40 Å². The van der Waals surface area contributed by atoms with Gasteiger partial charge in [-0.25, -0.2) is 9.97 Å². The van der Waals surface area contributed by atoms with Gasteiger partial charge in [0.2, 0.25) is 0 Å². The fourth-order valence-corrected chi connectivity index (χ4v) is 5.39. The van der Waals surface area contributed by atoms with Crippen molar-refractivity contribution in [2.24, 2.45) is 0 Å². The van der Waals surface area contributed by atoms with Crippen LogP contribution in [0.15, 0.2) is 65.3 Å². The summed E-state index contributed by atoms with van der Waals surface area (Å²) >= 11 is 1.71. The van der Waals surface area contributed by atoms with E-state index in [0.717, 1.165) is 55.1 Å². The third kappa shape index (κ3) is 2.39. The molecule has 0 saturated carbocycles. The van der Waals surface area contributed by atoms with Crippen molar-refractivity contribution in [1.82, 2.24) is 14.5 Å². The highest BCUT2D eigenvalue weighted by Gasteiger charge is 2.19. The number of nitrogens with zero attached hydrogens (tertiary/aromatic N) is 3. The van der Waals surface area contributed by atoms with Crippen LogP contribution in [0.3, 0.4) is 0 Å². The molecule has 0 radical (unpaired) electrons. The van der Waals surface area contributed by atoms with Gasteiger partial charge >= 0.3 is 0 Å². The summed E-state index contributed by atoms with van der Waals surface area (Å²) in [7, 11) is 0. The number of para-hydroxylation sites is 1. The summed E-state index contributed by atoms with van der Waals surface area (Å²) in [4.78, 5) is 9.39. The largest absolute Gasteiger partial charge is 0.456 e. The van der Waals surface area contributed by atoms with Gasteiger partial charge in [0.1, 0.15) is 17.0 Å². The Balaban J connectivity index is 1.64. The number of hydrogen-bond acceptors (Lipinski definition) is 4. The van der Waals surface area contributed by atoms with Gasteiger partial charge in [-0.2, -0.15) is 0 Å². The molecule has 0 aliphatic heterocycles. The van der Waals surface area contributed by atoms with Crippen molar-refractivity contribution < 1.29 is 4.42 Å². The quantitative estimate of drug-likeness (QED) is 0.310. The third-order valence-corrected chi connectivity index (χ3v) is 6.73. The van der Waals surface area contributed by atoms with Gasteiger partial charge in [-0.3, -0.25) is 4.57 Å². The smallest absolute Gasteiger partial charge is 0.145 e. The molecule has 30 heavy (non-hydrogen) atoms. The number of fused-ring (bicyclic) bond motifs is 4. The maximum absolute atomic E-state index is 6.25. The molecule has 3 aromatic heterocycles. The van der Waals surface area contributed by atoms with Crippen molar-refractivity contribution in [1.29, 1.82) is 0 Å². The highest BCUT2D eigenvalue weighted by Crippen LogP contribution is 2.38. The van der Waals surface area contributed by atoms with Gasteiger partial charge < -0.3 is 4.42 Å². The molecule has 0 N–H and O–H groups in total. The maximum atomic E-state index is 6.25.